The number of amidine groups is 2. The minimum atomic E-state index is -0.488. The second-order valence-electron chi connectivity index (χ2n) is 19.8. The van der Waals surface area contributed by atoms with Gasteiger partial charge < -0.3 is 14.6 Å². The summed E-state index contributed by atoms with van der Waals surface area (Å²) in [6, 6.07) is 37.5. The molecule has 13 rings (SSSR count). The summed E-state index contributed by atoms with van der Waals surface area (Å²) in [6.07, 6.45) is 42.7. The number of anilines is 2. The van der Waals surface area contributed by atoms with E-state index in [1.807, 2.05) is 0 Å². The van der Waals surface area contributed by atoms with Gasteiger partial charge in [-0.15, -0.1) is 0 Å². The number of fused-ring (bicyclic) bond motifs is 7. The van der Waals surface area contributed by atoms with Crippen molar-refractivity contribution in [3.05, 3.63) is 255 Å². The van der Waals surface area contributed by atoms with Crippen LogP contribution < -0.4 is 10.2 Å². The van der Waals surface area contributed by atoms with E-state index in [4.69, 9.17) is 14.4 Å². The maximum atomic E-state index is 7.34. The minimum Gasteiger partial charge on any atom is -0.462 e. The summed E-state index contributed by atoms with van der Waals surface area (Å²) >= 11 is 0. The van der Waals surface area contributed by atoms with E-state index in [2.05, 4.69) is 211 Å². The molecular formula is C64H56N4O. The molecule has 1 N–H and O–H groups in total. The molecule has 5 nitrogen and oxygen atoms in total. The molecule has 0 bridgehead atoms. The van der Waals surface area contributed by atoms with Crippen LogP contribution >= 0.6 is 0 Å². The van der Waals surface area contributed by atoms with Crippen molar-refractivity contribution in [1.82, 2.24) is 5.32 Å². The summed E-state index contributed by atoms with van der Waals surface area (Å²) in [7, 11) is 0. The van der Waals surface area contributed by atoms with Crippen LogP contribution in [0.25, 0.3) is 17.2 Å². The van der Waals surface area contributed by atoms with E-state index in [9.17, 15) is 0 Å². The van der Waals surface area contributed by atoms with Gasteiger partial charge in [-0.25, -0.2) is 9.98 Å². The lowest BCUT2D eigenvalue weighted by Crippen LogP contribution is -2.41. The SMILES string of the molecule is CC12c3oc4c(c3C=CC1c1ccccc1N2c1ccccc1)C(c1ccc(C2=CC(C3=CCCC=C3)=CC(C3=CCCC=C3)C2)cc1C1N=C(c2ccccc2)NC(C2C=CC=CC2)=N1)=CCC4. The molecule has 0 saturated heterocycles. The third-order valence-electron chi connectivity index (χ3n) is 15.6. The second-order valence-corrected chi connectivity index (χ2v) is 19.8. The molecule has 5 aromatic rings. The summed E-state index contributed by atoms with van der Waals surface area (Å²) < 4.78 is 7.34. The van der Waals surface area contributed by atoms with Gasteiger partial charge in [0.05, 0.1) is 0 Å². The maximum Gasteiger partial charge on any atom is 0.170 e. The molecule has 69 heavy (non-hydrogen) atoms. The number of rotatable bonds is 8. The Labute approximate surface area is 406 Å². The van der Waals surface area contributed by atoms with E-state index in [0.29, 0.717) is 5.92 Å². The highest BCUT2D eigenvalue weighted by atomic mass is 16.3. The first-order valence-corrected chi connectivity index (χ1v) is 25.2. The van der Waals surface area contributed by atoms with Crippen molar-refractivity contribution in [3.8, 4) is 0 Å². The average molecular weight is 897 g/mol. The standard InChI is InChI=1S/C64H56N4O/c1-64-56(53-30-17-18-32-57(53)68(64)50-28-15-6-16-29-50)37-36-54-59-52(31-19-33-58(59)69-60(54)64)51-35-34-46(49-39-47(42-20-7-2-8-21-42)38-48(40-49)43-22-9-3-10-23-43)41-55(51)63-66-61(44-24-11-4-12-25-44)65-62(67-63)45-26-13-5-14-27-45/h4-7,9,11-18,20-26,28-32,34-39,41,45,48,56,63H,2-3,8,10,19,27,33,40H2,1H3,(H,65,66,67). The number of para-hydroxylation sites is 2. The highest BCUT2D eigenvalue weighted by Gasteiger charge is 2.54. The second kappa shape index (κ2) is 17.2. The highest BCUT2D eigenvalue weighted by molar-refractivity contribution is 6.11. The van der Waals surface area contributed by atoms with Crippen molar-refractivity contribution in [2.24, 2.45) is 21.8 Å². The molecule has 4 aromatic carbocycles. The molecule has 6 aliphatic carbocycles. The first kappa shape index (κ1) is 41.7. The Morgan fingerprint density at radius 1 is 0.696 bits per heavy atom. The van der Waals surface area contributed by atoms with Gasteiger partial charge >= 0.3 is 0 Å². The summed E-state index contributed by atoms with van der Waals surface area (Å²) in [5.74, 6) is 4.42. The van der Waals surface area contributed by atoms with Crippen molar-refractivity contribution in [1.29, 1.82) is 0 Å². The fourth-order valence-corrected chi connectivity index (χ4v) is 12.2. The summed E-state index contributed by atoms with van der Waals surface area (Å²) in [5, 5.41) is 3.73. The van der Waals surface area contributed by atoms with Crippen LogP contribution in [0.3, 0.4) is 0 Å². The predicted molar refractivity (Wildman–Crippen MR) is 284 cm³/mol. The molecule has 3 heterocycles. The number of hydrogen-bond acceptors (Lipinski definition) is 5. The van der Waals surface area contributed by atoms with Crippen LogP contribution in [0.15, 0.2) is 219 Å². The van der Waals surface area contributed by atoms with Gasteiger partial charge in [-0.1, -0.05) is 170 Å². The van der Waals surface area contributed by atoms with Gasteiger partial charge in [0.2, 0.25) is 0 Å². The summed E-state index contributed by atoms with van der Waals surface area (Å²) in [5.41, 5.74) is 16.8. The molecular weight excluding hydrogens is 841 g/mol. The Morgan fingerprint density at radius 3 is 2.33 bits per heavy atom. The van der Waals surface area contributed by atoms with Crippen molar-refractivity contribution >= 4 is 40.3 Å². The largest absolute Gasteiger partial charge is 0.462 e. The normalized spacial score (nSPS) is 25.2. The lowest BCUT2D eigenvalue weighted by atomic mass is 9.74. The van der Waals surface area contributed by atoms with Crippen LogP contribution in [0.2, 0.25) is 0 Å². The molecule has 0 fully saturated rings. The highest BCUT2D eigenvalue weighted by Crippen LogP contribution is 2.61. The molecule has 0 amide bonds. The lowest BCUT2D eigenvalue weighted by Gasteiger charge is -2.41. The molecule has 2 aliphatic heterocycles. The van der Waals surface area contributed by atoms with Crippen molar-refractivity contribution in [3.63, 3.8) is 0 Å². The predicted octanol–water partition coefficient (Wildman–Crippen LogP) is 15.3. The molecule has 0 spiro atoms. The summed E-state index contributed by atoms with van der Waals surface area (Å²) in [6.45, 7) is 2.39. The van der Waals surface area contributed by atoms with Crippen molar-refractivity contribution < 1.29 is 4.42 Å². The van der Waals surface area contributed by atoms with E-state index in [1.54, 1.807) is 0 Å². The van der Waals surface area contributed by atoms with Crippen LogP contribution in [-0.2, 0) is 12.0 Å². The smallest absolute Gasteiger partial charge is 0.170 e. The van der Waals surface area contributed by atoms with Gasteiger partial charge in [-0.3, -0.25) is 0 Å². The van der Waals surface area contributed by atoms with E-state index < -0.39 is 11.7 Å². The molecule has 5 atom stereocenters. The fraction of sp³-hybridized carbons (Fsp3) is 0.219. The number of nitrogens with zero attached hydrogens (tertiary/aromatic N) is 3. The summed E-state index contributed by atoms with van der Waals surface area (Å²) in [4.78, 5) is 13.7. The molecule has 0 saturated carbocycles. The monoisotopic (exact) mass is 896 g/mol. The zero-order chi connectivity index (χ0) is 45.9. The lowest BCUT2D eigenvalue weighted by molar-refractivity contribution is 0.336. The number of aliphatic imine (C=N–C) groups is 2. The van der Waals surface area contributed by atoms with Crippen LogP contribution in [-0.4, -0.2) is 11.7 Å². The van der Waals surface area contributed by atoms with Crippen LogP contribution in [0, 0.1) is 11.8 Å². The van der Waals surface area contributed by atoms with Gasteiger partial charge in [0.1, 0.15) is 28.7 Å². The molecule has 338 valence electrons. The molecule has 1 aromatic heterocycles. The topological polar surface area (TPSA) is 53.1 Å². The first-order valence-electron chi connectivity index (χ1n) is 25.2. The van der Waals surface area contributed by atoms with Crippen LogP contribution in [0.1, 0.15) is 114 Å². The van der Waals surface area contributed by atoms with E-state index in [0.717, 1.165) is 96.9 Å². The third-order valence-corrected chi connectivity index (χ3v) is 15.6. The van der Waals surface area contributed by atoms with Crippen LogP contribution in [0.5, 0.6) is 0 Å². The zero-order valence-electron chi connectivity index (χ0n) is 39.2. The molecule has 0 radical (unpaired) electrons. The Morgan fingerprint density at radius 2 is 1.52 bits per heavy atom. The number of furan rings is 1. The van der Waals surface area contributed by atoms with Crippen molar-refractivity contribution in [2.75, 3.05) is 4.90 Å². The fourth-order valence-electron chi connectivity index (χ4n) is 12.2. The van der Waals surface area contributed by atoms with E-state index >= 15 is 0 Å². The van der Waals surface area contributed by atoms with Gasteiger partial charge in [0, 0.05) is 57.8 Å². The van der Waals surface area contributed by atoms with Crippen LogP contribution in [0.4, 0.5) is 11.4 Å². The number of aryl methyl sites for hydroxylation is 1. The Hall–Kier alpha value is -7.50. The number of allylic oxidation sites excluding steroid dienone is 16. The molecule has 8 aliphatic rings. The first-order chi connectivity index (χ1) is 34.1. The quantitative estimate of drug-likeness (QED) is 0.169. The Kier molecular flexibility index (Phi) is 10.4. The van der Waals surface area contributed by atoms with Gasteiger partial charge in [-0.05, 0) is 121 Å². The minimum absolute atomic E-state index is 0.116. The zero-order valence-corrected chi connectivity index (χ0v) is 39.2. The van der Waals surface area contributed by atoms with Gasteiger partial charge in [-0.2, -0.15) is 0 Å². The molecule has 5 unspecified atom stereocenters. The van der Waals surface area contributed by atoms with E-state index in [1.165, 1.54) is 55.8 Å². The maximum absolute atomic E-state index is 7.34. The average Bonchev–Trinajstić information content (AvgIpc) is 3.95. The third kappa shape index (κ3) is 7.21. The number of nitrogens with one attached hydrogen (secondary N) is 1. The number of benzene rings is 4. The van der Waals surface area contributed by atoms with Crippen molar-refractivity contribution in [2.45, 2.75) is 75.9 Å². The molecule has 5 heteroatoms. The number of hydrogen-bond donors (Lipinski definition) is 1. The van der Waals surface area contributed by atoms with Gasteiger partial charge in [0.25, 0.3) is 0 Å². The van der Waals surface area contributed by atoms with Gasteiger partial charge in [0.15, 0.2) is 6.17 Å². The Bertz CT molecular complexity index is 3280. The Balaban J connectivity index is 0.988. The van der Waals surface area contributed by atoms with E-state index in [-0.39, 0.29) is 11.8 Å².